The van der Waals surface area contributed by atoms with Crippen LogP contribution in [0, 0.1) is 0 Å². The minimum Gasteiger partial charge on any atom is -0.370 e. The second kappa shape index (κ2) is 5.72. The zero-order valence-corrected chi connectivity index (χ0v) is 13.5. The Kier molecular flexibility index (Phi) is 4.50. The molecule has 1 aliphatic heterocycles. The van der Waals surface area contributed by atoms with E-state index in [4.69, 9.17) is 0 Å². The number of anilines is 1. The standard InChI is InChI=1S/C13H18Br2N2/c1-16(2)12-5-6-17(9-12)13-7-11(15)4-3-10(13)8-14/h3-4,7,12H,5-6,8-9H2,1-2H3. The third-order valence-corrected chi connectivity index (χ3v) is 4.52. The number of likely N-dealkylation sites (N-methyl/N-ethyl adjacent to an activating group) is 1. The molecule has 0 radical (unpaired) electrons. The summed E-state index contributed by atoms with van der Waals surface area (Å²) in [5, 5.41) is 0.915. The molecule has 1 atom stereocenters. The summed E-state index contributed by atoms with van der Waals surface area (Å²) in [6, 6.07) is 7.21. The van der Waals surface area contributed by atoms with Gasteiger partial charge in [-0.15, -0.1) is 0 Å². The van der Waals surface area contributed by atoms with Crippen LogP contribution in [-0.2, 0) is 5.33 Å². The van der Waals surface area contributed by atoms with E-state index < -0.39 is 0 Å². The van der Waals surface area contributed by atoms with Gasteiger partial charge in [0.2, 0.25) is 0 Å². The van der Waals surface area contributed by atoms with Gasteiger partial charge in [0.15, 0.2) is 0 Å². The summed E-state index contributed by atoms with van der Waals surface area (Å²) in [5.41, 5.74) is 2.73. The molecule has 0 aromatic heterocycles. The first-order valence-electron chi connectivity index (χ1n) is 5.87. The van der Waals surface area contributed by atoms with Crippen LogP contribution in [0.25, 0.3) is 0 Å². The van der Waals surface area contributed by atoms with Crippen LogP contribution in [0.4, 0.5) is 5.69 Å². The summed E-state index contributed by atoms with van der Waals surface area (Å²) < 4.78 is 1.16. The van der Waals surface area contributed by atoms with E-state index in [0.29, 0.717) is 6.04 Å². The number of rotatable bonds is 3. The van der Waals surface area contributed by atoms with Crippen molar-refractivity contribution in [2.45, 2.75) is 17.8 Å². The normalized spacial score (nSPS) is 20.3. The molecule has 94 valence electrons. The van der Waals surface area contributed by atoms with Gasteiger partial charge in [-0.1, -0.05) is 37.9 Å². The monoisotopic (exact) mass is 360 g/mol. The minimum atomic E-state index is 0.678. The SMILES string of the molecule is CN(C)C1CCN(c2cc(Br)ccc2CBr)C1. The van der Waals surface area contributed by atoms with Gasteiger partial charge in [-0.2, -0.15) is 0 Å². The maximum atomic E-state index is 3.57. The van der Waals surface area contributed by atoms with E-state index in [-0.39, 0.29) is 0 Å². The molecular formula is C13H18Br2N2. The Hall–Kier alpha value is -0.0600. The van der Waals surface area contributed by atoms with Crippen LogP contribution in [-0.4, -0.2) is 38.1 Å². The number of hydrogen-bond donors (Lipinski definition) is 0. The topological polar surface area (TPSA) is 6.48 Å². The van der Waals surface area contributed by atoms with E-state index in [1.807, 2.05) is 0 Å². The van der Waals surface area contributed by atoms with Crippen molar-refractivity contribution in [2.24, 2.45) is 0 Å². The van der Waals surface area contributed by atoms with Crippen molar-refractivity contribution >= 4 is 37.5 Å². The zero-order chi connectivity index (χ0) is 12.4. The molecule has 1 saturated heterocycles. The maximum Gasteiger partial charge on any atom is 0.0419 e. The van der Waals surface area contributed by atoms with Gasteiger partial charge in [-0.05, 0) is 38.2 Å². The van der Waals surface area contributed by atoms with E-state index >= 15 is 0 Å². The highest BCUT2D eigenvalue weighted by Crippen LogP contribution is 2.30. The molecule has 17 heavy (non-hydrogen) atoms. The first-order valence-corrected chi connectivity index (χ1v) is 7.79. The van der Waals surface area contributed by atoms with Gasteiger partial charge >= 0.3 is 0 Å². The molecule has 2 nitrogen and oxygen atoms in total. The Balaban J connectivity index is 2.20. The summed E-state index contributed by atoms with van der Waals surface area (Å²) in [6.45, 7) is 2.28. The predicted octanol–water partition coefficient (Wildman–Crippen LogP) is 3.48. The van der Waals surface area contributed by atoms with E-state index in [1.54, 1.807) is 0 Å². The first-order chi connectivity index (χ1) is 8.11. The Bertz CT molecular complexity index is 393. The quantitative estimate of drug-likeness (QED) is 0.760. The minimum absolute atomic E-state index is 0.678. The van der Waals surface area contributed by atoms with Crippen LogP contribution in [0.5, 0.6) is 0 Å². The van der Waals surface area contributed by atoms with Crippen LogP contribution >= 0.6 is 31.9 Å². The van der Waals surface area contributed by atoms with Gasteiger partial charge in [0.25, 0.3) is 0 Å². The van der Waals surface area contributed by atoms with E-state index in [1.165, 1.54) is 17.7 Å². The molecule has 0 saturated carbocycles. The predicted molar refractivity (Wildman–Crippen MR) is 81.1 cm³/mol. The smallest absolute Gasteiger partial charge is 0.0419 e. The van der Waals surface area contributed by atoms with Gasteiger partial charge < -0.3 is 9.80 Å². The number of nitrogens with zero attached hydrogens (tertiary/aromatic N) is 2. The Morgan fingerprint density at radius 1 is 1.41 bits per heavy atom. The maximum absolute atomic E-state index is 3.57. The lowest BCUT2D eigenvalue weighted by Crippen LogP contribution is -2.31. The molecule has 1 fully saturated rings. The fourth-order valence-electron chi connectivity index (χ4n) is 2.33. The lowest BCUT2D eigenvalue weighted by Gasteiger charge is -2.24. The van der Waals surface area contributed by atoms with Crippen molar-refractivity contribution in [1.29, 1.82) is 0 Å². The fourth-order valence-corrected chi connectivity index (χ4v) is 3.15. The average molecular weight is 362 g/mol. The summed E-state index contributed by atoms with van der Waals surface area (Å²) >= 11 is 7.14. The van der Waals surface area contributed by atoms with Crippen LogP contribution < -0.4 is 4.90 Å². The van der Waals surface area contributed by atoms with E-state index in [0.717, 1.165) is 22.9 Å². The number of hydrogen-bond acceptors (Lipinski definition) is 2. The molecule has 0 bridgehead atoms. The lowest BCUT2D eigenvalue weighted by molar-refractivity contribution is 0.315. The van der Waals surface area contributed by atoms with E-state index in [2.05, 4.69) is 74.0 Å². The molecule has 2 rings (SSSR count). The average Bonchev–Trinajstić information content (AvgIpc) is 2.78. The largest absolute Gasteiger partial charge is 0.370 e. The number of halogens is 2. The van der Waals surface area contributed by atoms with Gasteiger partial charge in [0.1, 0.15) is 0 Å². The molecule has 0 N–H and O–H groups in total. The van der Waals surface area contributed by atoms with Crippen molar-refractivity contribution in [1.82, 2.24) is 4.90 Å². The van der Waals surface area contributed by atoms with Gasteiger partial charge in [0.05, 0.1) is 0 Å². The Morgan fingerprint density at radius 2 is 2.18 bits per heavy atom. The summed E-state index contributed by atoms with van der Waals surface area (Å²) in [4.78, 5) is 4.82. The number of alkyl halides is 1. The third kappa shape index (κ3) is 3.04. The number of benzene rings is 1. The fraction of sp³-hybridized carbons (Fsp3) is 0.538. The van der Waals surface area contributed by atoms with Crippen molar-refractivity contribution in [3.63, 3.8) is 0 Å². The summed E-state index contributed by atoms with van der Waals surface area (Å²) in [7, 11) is 4.33. The molecule has 1 aliphatic rings. The molecule has 1 aromatic rings. The molecule has 1 aromatic carbocycles. The van der Waals surface area contributed by atoms with Crippen LogP contribution in [0.15, 0.2) is 22.7 Å². The van der Waals surface area contributed by atoms with Crippen molar-refractivity contribution in [3.8, 4) is 0 Å². The Labute approximate surface area is 120 Å². The van der Waals surface area contributed by atoms with Crippen molar-refractivity contribution in [3.05, 3.63) is 28.2 Å². The summed E-state index contributed by atoms with van der Waals surface area (Å²) in [6.07, 6.45) is 1.25. The van der Waals surface area contributed by atoms with Crippen LogP contribution in [0.2, 0.25) is 0 Å². The molecule has 0 spiro atoms. The lowest BCUT2D eigenvalue weighted by atomic mass is 10.2. The second-order valence-corrected chi connectivity index (χ2v) is 6.24. The molecule has 1 unspecified atom stereocenters. The summed E-state index contributed by atoms with van der Waals surface area (Å²) in [5.74, 6) is 0. The van der Waals surface area contributed by atoms with Gasteiger partial charge in [-0.3, -0.25) is 0 Å². The van der Waals surface area contributed by atoms with Gasteiger partial charge in [-0.25, -0.2) is 0 Å². The highest BCUT2D eigenvalue weighted by atomic mass is 79.9. The zero-order valence-electron chi connectivity index (χ0n) is 10.3. The first kappa shape index (κ1) is 13.4. The second-order valence-electron chi connectivity index (χ2n) is 4.76. The van der Waals surface area contributed by atoms with Crippen molar-refractivity contribution in [2.75, 3.05) is 32.1 Å². The van der Waals surface area contributed by atoms with Gasteiger partial charge in [0, 0.05) is 34.6 Å². The molecule has 4 heteroatoms. The molecular weight excluding hydrogens is 344 g/mol. The van der Waals surface area contributed by atoms with Crippen LogP contribution in [0.3, 0.4) is 0 Å². The Morgan fingerprint density at radius 3 is 2.76 bits per heavy atom. The third-order valence-electron chi connectivity index (χ3n) is 3.43. The molecule has 1 heterocycles. The molecule has 0 amide bonds. The molecule has 0 aliphatic carbocycles. The van der Waals surface area contributed by atoms with Crippen molar-refractivity contribution < 1.29 is 0 Å². The highest BCUT2D eigenvalue weighted by Gasteiger charge is 2.25. The van der Waals surface area contributed by atoms with Crippen LogP contribution in [0.1, 0.15) is 12.0 Å². The highest BCUT2D eigenvalue weighted by molar-refractivity contribution is 9.10. The van der Waals surface area contributed by atoms with E-state index in [9.17, 15) is 0 Å².